The molecule has 4 rings (SSSR count). The summed E-state index contributed by atoms with van der Waals surface area (Å²) in [5.74, 6) is 0.625. The average Bonchev–Trinajstić information content (AvgIpc) is 2.78. The van der Waals surface area contributed by atoms with Crippen molar-refractivity contribution in [3.63, 3.8) is 0 Å². The largest absolute Gasteiger partial charge is 0.450 e. The van der Waals surface area contributed by atoms with Gasteiger partial charge in [-0.05, 0) is 24.5 Å². The van der Waals surface area contributed by atoms with Crippen LogP contribution in [0.15, 0.2) is 36.7 Å². The second kappa shape index (κ2) is 8.46. The molecule has 8 nitrogen and oxygen atoms in total. The van der Waals surface area contributed by atoms with Crippen LogP contribution in [0.25, 0.3) is 0 Å². The SMILES string of the molecule is CCOC(=O)N1CCN(c2cnc(C(=O)N3CCc4ccccc4C3)cn2)CC1. The molecular formula is C21H25N5O3. The zero-order valence-corrected chi connectivity index (χ0v) is 16.6. The van der Waals surface area contributed by atoms with Gasteiger partial charge in [-0.2, -0.15) is 0 Å². The molecule has 2 aliphatic heterocycles. The number of amides is 2. The minimum absolute atomic E-state index is 0.0920. The van der Waals surface area contributed by atoms with Gasteiger partial charge in [0, 0.05) is 39.3 Å². The van der Waals surface area contributed by atoms with Crippen molar-refractivity contribution in [2.75, 3.05) is 44.2 Å². The van der Waals surface area contributed by atoms with E-state index in [0.29, 0.717) is 57.4 Å². The second-order valence-corrected chi connectivity index (χ2v) is 7.18. The van der Waals surface area contributed by atoms with Crippen LogP contribution < -0.4 is 4.90 Å². The van der Waals surface area contributed by atoms with Gasteiger partial charge in [-0.1, -0.05) is 24.3 Å². The van der Waals surface area contributed by atoms with Crippen LogP contribution in [0, 0.1) is 0 Å². The third-order valence-corrected chi connectivity index (χ3v) is 5.40. The van der Waals surface area contributed by atoms with Crippen LogP contribution in [0.3, 0.4) is 0 Å². The molecule has 2 amide bonds. The van der Waals surface area contributed by atoms with Gasteiger partial charge in [0.05, 0.1) is 19.0 Å². The van der Waals surface area contributed by atoms with E-state index in [1.165, 1.54) is 11.1 Å². The maximum atomic E-state index is 12.8. The van der Waals surface area contributed by atoms with Crippen molar-refractivity contribution in [2.45, 2.75) is 19.9 Å². The standard InChI is InChI=1S/C21H25N5O3/c1-2-29-21(28)25-11-9-24(10-12-25)19-14-22-18(13-23-19)20(27)26-8-7-16-5-3-4-6-17(16)15-26/h3-6,13-14H,2,7-12,15H2,1H3. The lowest BCUT2D eigenvalue weighted by Crippen LogP contribution is -2.49. The number of ether oxygens (including phenoxy) is 1. The highest BCUT2D eigenvalue weighted by Gasteiger charge is 2.25. The number of anilines is 1. The van der Waals surface area contributed by atoms with Gasteiger partial charge in [0.2, 0.25) is 0 Å². The molecule has 0 atom stereocenters. The third-order valence-electron chi connectivity index (χ3n) is 5.40. The first kappa shape index (κ1) is 19.2. The lowest BCUT2D eigenvalue weighted by atomic mass is 10.00. The zero-order valence-electron chi connectivity index (χ0n) is 16.6. The number of hydrogen-bond acceptors (Lipinski definition) is 6. The molecule has 29 heavy (non-hydrogen) atoms. The summed E-state index contributed by atoms with van der Waals surface area (Å²) in [6, 6.07) is 8.23. The molecule has 1 aromatic heterocycles. The fourth-order valence-electron chi connectivity index (χ4n) is 3.76. The van der Waals surface area contributed by atoms with Gasteiger partial charge in [-0.25, -0.2) is 14.8 Å². The lowest BCUT2D eigenvalue weighted by molar-refractivity contribution is 0.0728. The molecule has 0 bridgehead atoms. The van der Waals surface area contributed by atoms with Crippen LogP contribution in [0.2, 0.25) is 0 Å². The van der Waals surface area contributed by atoms with E-state index < -0.39 is 0 Å². The van der Waals surface area contributed by atoms with Crippen molar-refractivity contribution >= 4 is 17.8 Å². The Kier molecular flexibility index (Phi) is 5.59. The summed E-state index contributed by atoms with van der Waals surface area (Å²) in [5.41, 5.74) is 2.86. The Morgan fingerprint density at radius 1 is 0.966 bits per heavy atom. The molecular weight excluding hydrogens is 370 g/mol. The Morgan fingerprint density at radius 2 is 1.72 bits per heavy atom. The zero-order chi connectivity index (χ0) is 20.2. The molecule has 0 N–H and O–H groups in total. The van der Waals surface area contributed by atoms with Gasteiger partial charge in [0.15, 0.2) is 0 Å². The van der Waals surface area contributed by atoms with Crippen molar-refractivity contribution in [3.8, 4) is 0 Å². The summed E-state index contributed by atoms with van der Waals surface area (Å²) in [7, 11) is 0. The molecule has 2 aromatic rings. The minimum atomic E-state index is -0.276. The molecule has 2 aliphatic rings. The third kappa shape index (κ3) is 4.16. The summed E-state index contributed by atoms with van der Waals surface area (Å²) >= 11 is 0. The topological polar surface area (TPSA) is 78.9 Å². The van der Waals surface area contributed by atoms with Crippen molar-refractivity contribution in [3.05, 3.63) is 53.5 Å². The van der Waals surface area contributed by atoms with Crippen molar-refractivity contribution in [2.24, 2.45) is 0 Å². The number of aromatic nitrogens is 2. The number of hydrogen-bond donors (Lipinski definition) is 0. The fraction of sp³-hybridized carbons (Fsp3) is 0.429. The highest BCUT2D eigenvalue weighted by molar-refractivity contribution is 5.92. The molecule has 0 saturated carbocycles. The Balaban J connectivity index is 1.36. The van der Waals surface area contributed by atoms with E-state index in [1.54, 1.807) is 24.2 Å². The number of piperazine rings is 1. The monoisotopic (exact) mass is 395 g/mol. The lowest BCUT2D eigenvalue weighted by Gasteiger charge is -2.34. The Morgan fingerprint density at radius 3 is 2.41 bits per heavy atom. The summed E-state index contributed by atoms with van der Waals surface area (Å²) in [6.07, 6.45) is 3.78. The molecule has 8 heteroatoms. The van der Waals surface area contributed by atoms with E-state index in [4.69, 9.17) is 4.74 Å². The normalized spacial score (nSPS) is 16.4. The van der Waals surface area contributed by atoms with Crippen LogP contribution in [-0.4, -0.2) is 71.1 Å². The first-order valence-corrected chi connectivity index (χ1v) is 10.0. The molecule has 1 saturated heterocycles. The molecule has 0 unspecified atom stereocenters. The van der Waals surface area contributed by atoms with Gasteiger partial charge < -0.3 is 19.4 Å². The van der Waals surface area contributed by atoms with E-state index >= 15 is 0 Å². The van der Waals surface area contributed by atoms with Crippen LogP contribution in [0.1, 0.15) is 28.5 Å². The first-order chi connectivity index (χ1) is 14.2. The summed E-state index contributed by atoms with van der Waals surface area (Å²) in [4.78, 5) is 39.0. The van der Waals surface area contributed by atoms with Gasteiger partial charge >= 0.3 is 6.09 Å². The molecule has 1 fully saturated rings. The molecule has 0 radical (unpaired) electrons. The Labute approximate surface area is 170 Å². The highest BCUT2D eigenvalue weighted by Crippen LogP contribution is 2.20. The minimum Gasteiger partial charge on any atom is -0.450 e. The number of nitrogens with zero attached hydrogens (tertiary/aromatic N) is 5. The summed E-state index contributed by atoms with van der Waals surface area (Å²) in [6.45, 7) is 5.94. The van der Waals surface area contributed by atoms with Crippen molar-refractivity contribution < 1.29 is 14.3 Å². The molecule has 0 aliphatic carbocycles. The number of rotatable bonds is 3. The van der Waals surface area contributed by atoms with E-state index in [2.05, 4.69) is 27.0 Å². The van der Waals surface area contributed by atoms with Crippen molar-refractivity contribution in [1.29, 1.82) is 0 Å². The maximum absolute atomic E-state index is 12.8. The van der Waals surface area contributed by atoms with E-state index in [1.807, 2.05) is 17.0 Å². The van der Waals surface area contributed by atoms with Gasteiger partial charge in [-0.15, -0.1) is 0 Å². The number of benzene rings is 1. The smallest absolute Gasteiger partial charge is 0.409 e. The van der Waals surface area contributed by atoms with Gasteiger partial charge in [-0.3, -0.25) is 4.79 Å². The number of carbonyl (C=O) groups excluding carboxylic acids is 2. The molecule has 152 valence electrons. The number of carbonyl (C=O) groups is 2. The maximum Gasteiger partial charge on any atom is 0.409 e. The van der Waals surface area contributed by atoms with Crippen LogP contribution in [0.4, 0.5) is 10.6 Å². The van der Waals surface area contributed by atoms with E-state index in [9.17, 15) is 9.59 Å². The average molecular weight is 395 g/mol. The number of fused-ring (bicyclic) bond motifs is 1. The highest BCUT2D eigenvalue weighted by atomic mass is 16.6. The van der Waals surface area contributed by atoms with Crippen molar-refractivity contribution in [1.82, 2.24) is 19.8 Å². The van der Waals surface area contributed by atoms with E-state index in [0.717, 1.165) is 6.42 Å². The summed E-state index contributed by atoms with van der Waals surface area (Å²) < 4.78 is 5.04. The Hall–Kier alpha value is -3.16. The van der Waals surface area contributed by atoms with E-state index in [-0.39, 0.29) is 12.0 Å². The van der Waals surface area contributed by atoms with Crippen LogP contribution in [-0.2, 0) is 17.7 Å². The molecule has 1 aromatic carbocycles. The van der Waals surface area contributed by atoms with Gasteiger partial charge in [0.25, 0.3) is 5.91 Å². The quantitative estimate of drug-likeness (QED) is 0.791. The van der Waals surface area contributed by atoms with Gasteiger partial charge in [0.1, 0.15) is 11.5 Å². The molecule has 3 heterocycles. The predicted molar refractivity (Wildman–Crippen MR) is 108 cm³/mol. The first-order valence-electron chi connectivity index (χ1n) is 10.0. The predicted octanol–water partition coefficient (Wildman–Crippen LogP) is 1.95. The fourth-order valence-corrected chi connectivity index (χ4v) is 3.76. The summed E-state index contributed by atoms with van der Waals surface area (Å²) in [5, 5.41) is 0. The van der Waals surface area contributed by atoms with Crippen LogP contribution in [0.5, 0.6) is 0 Å². The Bertz CT molecular complexity index is 878. The molecule has 0 spiro atoms. The second-order valence-electron chi connectivity index (χ2n) is 7.18. The van der Waals surface area contributed by atoms with Crippen LogP contribution >= 0.6 is 0 Å².